The van der Waals surface area contributed by atoms with E-state index in [9.17, 15) is 0 Å². The van der Waals surface area contributed by atoms with Crippen molar-refractivity contribution in [1.82, 2.24) is 9.78 Å². The molecule has 0 aliphatic heterocycles. The van der Waals surface area contributed by atoms with E-state index in [-0.39, 0.29) is 5.41 Å². The van der Waals surface area contributed by atoms with Crippen molar-refractivity contribution < 1.29 is 0 Å². The van der Waals surface area contributed by atoms with Crippen LogP contribution in [0.15, 0.2) is 61.2 Å². The predicted molar refractivity (Wildman–Crippen MR) is 111 cm³/mol. The summed E-state index contributed by atoms with van der Waals surface area (Å²) in [6, 6.07) is 19.2. The zero-order chi connectivity index (χ0) is 18.9. The largest absolute Gasteiger partial charge is 0.272 e. The van der Waals surface area contributed by atoms with Crippen LogP contribution < -0.4 is 0 Å². The maximum absolute atomic E-state index is 4.71. The number of hydrogen-bond acceptors (Lipinski definition) is 1. The zero-order valence-electron chi connectivity index (χ0n) is 16.5. The molecule has 1 aromatic heterocycles. The summed E-state index contributed by atoms with van der Waals surface area (Å²) in [6.45, 7) is 13.3. The van der Waals surface area contributed by atoms with Crippen LogP contribution in [0.4, 0.5) is 0 Å². The van der Waals surface area contributed by atoms with Gasteiger partial charge in [0.25, 0.3) is 0 Å². The molecule has 0 fully saturated rings. The number of allylic oxidation sites excluding steroid dienone is 1. The predicted octanol–water partition coefficient (Wildman–Crippen LogP) is 5.99. The molecule has 0 bridgehead atoms. The zero-order valence-corrected chi connectivity index (χ0v) is 16.5. The van der Waals surface area contributed by atoms with Crippen molar-refractivity contribution in [2.75, 3.05) is 0 Å². The summed E-state index contributed by atoms with van der Waals surface area (Å²) < 4.78 is 2.00. The van der Waals surface area contributed by atoms with Crippen LogP contribution in [0.2, 0.25) is 0 Å². The van der Waals surface area contributed by atoms with Gasteiger partial charge in [0.15, 0.2) is 0 Å². The van der Waals surface area contributed by atoms with Gasteiger partial charge < -0.3 is 0 Å². The lowest BCUT2D eigenvalue weighted by atomic mass is 9.77. The second kappa shape index (κ2) is 6.95. The Bertz CT molecular complexity index is 930. The summed E-state index contributed by atoms with van der Waals surface area (Å²) in [6.07, 6.45) is 0.898. The Labute approximate surface area is 157 Å². The molecule has 0 amide bonds. The molecule has 0 saturated carbocycles. The molecule has 3 aromatic rings. The Morgan fingerprint density at radius 3 is 2.35 bits per heavy atom. The van der Waals surface area contributed by atoms with Gasteiger partial charge in [0, 0.05) is 18.3 Å². The lowest BCUT2D eigenvalue weighted by Crippen LogP contribution is -2.19. The first-order valence-corrected chi connectivity index (χ1v) is 9.13. The van der Waals surface area contributed by atoms with Crippen LogP contribution in [0.1, 0.15) is 36.2 Å². The maximum Gasteiger partial charge on any atom is 0.0925 e. The smallest absolute Gasteiger partial charge is 0.0925 e. The molecule has 134 valence electrons. The Morgan fingerprint density at radius 1 is 1.00 bits per heavy atom. The highest BCUT2D eigenvalue weighted by atomic mass is 15.3. The van der Waals surface area contributed by atoms with Crippen LogP contribution in [0, 0.1) is 19.3 Å². The van der Waals surface area contributed by atoms with Gasteiger partial charge in [-0.15, -0.1) is 0 Å². The molecule has 0 aliphatic carbocycles. The Morgan fingerprint density at radius 2 is 1.69 bits per heavy atom. The van der Waals surface area contributed by atoms with Gasteiger partial charge in [-0.2, -0.15) is 5.10 Å². The summed E-state index contributed by atoms with van der Waals surface area (Å²) in [5.41, 5.74) is 8.37. The van der Waals surface area contributed by atoms with E-state index in [4.69, 9.17) is 5.10 Å². The summed E-state index contributed by atoms with van der Waals surface area (Å²) in [5.74, 6) is 0. The Hall–Kier alpha value is -2.61. The fourth-order valence-corrected chi connectivity index (χ4v) is 3.30. The minimum atomic E-state index is -0.0521. The molecule has 0 radical (unpaired) electrons. The first-order valence-electron chi connectivity index (χ1n) is 9.13. The van der Waals surface area contributed by atoms with Gasteiger partial charge in [-0.25, -0.2) is 0 Å². The van der Waals surface area contributed by atoms with Crippen LogP contribution in [0.3, 0.4) is 0 Å². The van der Waals surface area contributed by atoms with Crippen LogP contribution in [0.5, 0.6) is 0 Å². The highest BCUT2D eigenvalue weighted by molar-refractivity contribution is 5.69. The van der Waals surface area contributed by atoms with E-state index in [0.717, 1.165) is 17.7 Å². The molecule has 2 nitrogen and oxygen atoms in total. The van der Waals surface area contributed by atoms with Crippen molar-refractivity contribution in [3.05, 3.63) is 83.6 Å². The molecule has 0 N–H and O–H groups in total. The third kappa shape index (κ3) is 3.65. The minimum absolute atomic E-state index is 0.0521. The number of benzene rings is 2. The highest BCUT2D eigenvalue weighted by Crippen LogP contribution is 2.37. The van der Waals surface area contributed by atoms with Crippen LogP contribution in [-0.2, 0) is 13.5 Å². The summed E-state index contributed by atoms with van der Waals surface area (Å²) >= 11 is 0. The van der Waals surface area contributed by atoms with E-state index in [1.165, 1.54) is 28.0 Å². The second-order valence-corrected chi connectivity index (χ2v) is 7.85. The molecule has 26 heavy (non-hydrogen) atoms. The standard InChI is InChI=1S/C24H28N2/c1-17-12-13-21(14-18(17)2)19(3)24(4,5)16-22-15-23(25-26(22)6)20-10-8-7-9-11-20/h7-15H,3,16H2,1-2,4-6H3. The third-order valence-electron chi connectivity index (χ3n) is 5.34. The van der Waals surface area contributed by atoms with Crippen molar-refractivity contribution in [3.8, 4) is 11.3 Å². The minimum Gasteiger partial charge on any atom is -0.272 e. The maximum atomic E-state index is 4.71. The monoisotopic (exact) mass is 344 g/mol. The molecule has 0 saturated heterocycles. The van der Waals surface area contributed by atoms with Crippen LogP contribution in [0.25, 0.3) is 16.8 Å². The second-order valence-electron chi connectivity index (χ2n) is 7.85. The number of rotatable bonds is 5. The van der Waals surface area contributed by atoms with Gasteiger partial charge in [0.2, 0.25) is 0 Å². The van der Waals surface area contributed by atoms with E-state index in [1.807, 2.05) is 17.8 Å². The first kappa shape index (κ1) is 18.2. The number of nitrogens with zero attached hydrogens (tertiary/aromatic N) is 2. The van der Waals surface area contributed by atoms with E-state index in [1.54, 1.807) is 0 Å². The van der Waals surface area contributed by atoms with Gasteiger partial charge in [-0.05, 0) is 54.0 Å². The molecule has 0 spiro atoms. The summed E-state index contributed by atoms with van der Waals surface area (Å²) in [7, 11) is 2.02. The van der Waals surface area contributed by atoms with Gasteiger partial charge in [0.05, 0.1) is 5.69 Å². The summed E-state index contributed by atoms with van der Waals surface area (Å²) in [5, 5.41) is 4.71. The summed E-state index contributed by atoms with van der Waals surface area (Å²) in [4.78, 5) is 0. The normalized spacial score (nSPS) is 11.6. The van der Waals surface area contributed by atoms with E-state index < -0.39 is 0 Å². The average molecular weight is 345 g/mol. The molecular weight excluding hydrogens is 316 g/mol. The van der Waals surface area contributed by atoms with Crippen molar-refractivity contribution >= 4 is 5.57 Å². The topological polar surface area (TPSA) is 17.8 Å². The Balaban J connectivity index is 1.86. The van der Waals surface area contributed by atoms with Crippen LogP contribution >= 0.6 is 0 Å². The lowest BCUT2D eigenvalue weighted by molar-refractivity contribution is 0.478. The van der Waals surface area contributed by atoms with Gasteiger partial charge in [-0.3, -0.25) is 4.68 Å². The molecule has 0 aliphatic rings. The van der Waals surface area contributed by atoms with Gasteiger partial charge >= 0.3 is 0 Å². The third-order valence-corrected chi connectivity index (χ3v) is 5.34. The van der Waals surface area contributed by atoms with Gasteiger partial charge in [-0.1, -0.05) is 69.0 Å². The molecule has 0 unspecified atom stereocenters. The van der Waals surface area contributed by atoms with E-state index >= 15 is 0 Å². The SMILES string of the molecule is C=C(c1ccc(C)c(C)c1)C(C)(C)Cc1cc(-c2ccccc2)nn1C. The highest BCUT2D eigenvalue weighted by Gasteiger charge is 2.25. The Kier molecular flexibility index (Phi) is 4.86. The lowest BCUT2D eigenvalue weighted by Gasteiger charge is -2.28. The van der Waals surface area contributed by atoms with Crippen molar-refractivity contribution in [2.45, 2.75) is 34.1 Å². The van der Waals surface area contributed by atoms with Crippen molar-refractivity contribution in [2.24, 2.45) is 12.5 Å². The van der Waals surface area contributed by atoms with Crippen molar-refractivity contribution in [3.63, 3.8) is 0 Å². The number of hydrogen-bond donors (Lipinski definition) is 0. The van der Waals surface area contributed by atoms with Crippen LogP contribution in [-0.4, -0.2) is 9.78 Å². The molecule has 0 atom stereocenters. The first-order chi connectivity index (χ1) is 12.3. The fourth-order valence-electron chi connectivity index (χ4n) is 3.30. The van der Waals surface area contributed by atoms with Gasteiger partial charge in [0.1, 0.15) is 0 Å². The van der Waals surface area contributed by atoms with E-state index in [2.05, 4.69) is 82.8 Å². The molecule has 2 aromatic carbocycles. The number of aryl methyl sites for hydroxylation is 3. The molecular formula is C24H28N2. The van der Waals surface area contributed by atoms with Crippen molar-refractivity contribution in [1.29, 1.82) is 0 Å². The average Bonchev–Trinajstić information content (AvgIpc) is 2.97. The van der Waals surface area contributed by atoms with E-state index in [0.29, 0.717) is 0 Å². The molecule has 2 heteroatoms. The number of aromatic nitrogens is 2. The fraction of sp³-hybridized carbons (Fsp3) is 0.292. The molecule has 3 rings (SSSR count). The quantitative estimate of drug-likeness (QED) is 0.556. The molecule has 1 heterocycles.